The summed E-state index contributed by atoms with van der Waals surface area (Å²) in [5, 5.41) is 12.3. The molecule has 1 N–H and O–H groups in total. The van der Waals surface area contributed by atoms with Crippen LogP contribution >= 0.6 is 0 Å². The van der Waals surface area contributed by atoms with E-state index < -0.39 is 0 Å². The molecular formula is C11H13NO. The smallest absolute Gasteiger partial charge is 0.0904 e. The van der Waals surface area contributed by atoms with E-state index in [4.69, 9.17) is 5.21 Å². The Labute approximate surface area is 77.9 Å². The molecular weight excluding hydrogens is 162 g/mol. The lowest BCUT2D eigenvalue weighted by molar-refractivity contribution is 0.315. The molecule has 1 aromatic carbocycles. The number of fused-ring (bicyclic) bond motifs is 1. The van der Waals surface area contributed by atoms with Gasteiger partial charge in [-0.2, -0.15) is 0 Å². The predicted molar refractivity (Wildman–Crippen MR) is 52.3 cm³/mol. The maximum absolute atomic E-state index is 8.90. The van der Waals surface area contributed by atoms with Crippen molar-refractivity contribution < 1.29 is 5.21 Å². The zero-order valence-corrected chi connectivity index (χ0v) is 7.70. The number of oxime groups is 1. The molecule has 2 nitrogen and oxygen atoms in total. The molecule has 13 heavy (non-hydrogen) atoms. The highest BCUT2D eigenvalue weighted by Crippen LogP contribution is 2.28. The van der Waals surface area contributed by atoms with Crippen LogP contribution in [0.4, 0.5) is 0 Å². The third kappa shape index (κ3) is 1.22. The fourth-order valence-corrected chi connectivity index (χ4v) is 2.00. The Kier molecular flexibility index (Phi) is 2.05. The summed E-state index contributed by atoms with van der Waals surface area (Å²) in [4.78, 5) is 0. The molecule has 0 bridgehead atoms. The molecule has 2 heteroatoms. The molecule has 1 aromatic rings. The number of benzene rings is 1. The maximum Gasteiger partial charge on any atom is 0.0904 e. The third-order valence-electron chi connectivity index (χ3n) is 2.75. The average molecular weight is 175 g/mol. The first-order valence-corrected chi connectivity index (χ1v) is 4.67. The highest BCUT2D eigenvalue weighted by atomic mass is 16.4. The van der Waals surface area contributed by atoms with Gasteiger partial charge in [-0.3, -0.25) is 0 Å². The van der Waals surface area contributed by atoms with Crippen molar-refractivity contribution in [1.29, 1.82) is 0 Å². The fourth-order valence-electron chi connectivity index (χ4n) is 2.00. The Morgan fingerprint density at radius 2 is 2.23 bits per heavy atom. The largest absolute Gasteiger partial charge is 0.411 e. The first kappa shape index (κ1) is 8.30. The third-order valence-corrected chi connectivity index (χ3v) is 2.75. The second kappa shape index (κ2) is 3.21. The molecule has 0 saturated carbocycles. The Morgan fingerprint density at radius 3 is 2.92 bits per heavy atom. The molecule has 1 unspecified atom stereocenters. The van der Waals surface area contributed by atoms with Gasteiger partial charge in [-0.05, 0) is 18.4 Å². The molecule has 0 saturated heterocycles. The van der Waals surface area contributed by atoms with Crippen LogP contribution in [-0.4, -0.2) is 10.9 Å². The van der Waals surface area contributed by atoms with Gasteiger partial charge >= 0.3 is 0 Å². The lowest BCUT2D eigenvalue weighted by Gasteiger charge is -2.04. The normalized spacial score (nSPS) is 23.5. The summed E-state index contributed by atoms with van der Waals surface area (Å²) in [6.45, 7) is 2.13. The van der Waals surface area contributed by atoms with E-state index in [0.29, 0.717) is 5.92 Å². The molecule has 0 spiro atoms. The molecule has 0 heterocycles. The van der Waals surface area contributed by atoms with Crippen molar-refractivity contribution in [2.45, 2.75) is 19.8 Å². The van der Waals surface area contributed by atoms with Crippen LogP contribution in [-0.2, 0) is 6.42 Å². The molecule has 1 aliphatic rings. The van der Waals surface area contributed by atoms with Crippen molar-refractivity contribution in [2.75, 3.05) is 0 Å². The predicted octanol–water partition coefficient (Wildman–Crippen LogP) is 2.45. The van der Waals surface area contributed by atoms with Gasteiger partial charge in [0, 0.05) is 11.5 Å². The lowest BCUT2D eigenvalue weighted by Crippen LogP contribution is -2.08. The van der Waals surface area contributed by atoms with Gasteiger partial charge in [0.2, 0.25) is 0 Å². The van der Waals surface area contributed by atoms with Gasteiger partial charge in [0.25, 0.3) is 0 Å². The van der Waals surface area contributed by atoms with E-state index in [1.807, 2.05) is 18.2 Å². The summed E-state index contributed by atoms with van der Waals surface area (Å²) in [6, 6.07) is 8.16. The van der Waals surface area contributed by atoms with Crippen molar-refractivity contribution in [3.63, 3.8) is 0 Å². The van der Waals surface area contributed by atoms with Crippen LogP contribution < -0.4 is 0 Å². The van der Waals surface area contributed by atoms with Crippen molar-refractivity contribution in [1.82, 2.24) is 0 Å². The van der Waals surface area contributed by atoms with Gasteiger partial charge in [0.1, 0.15) is 0 Å². The Hall–Kier alpha value is -1.31. The SMILES string of the molecule is CCC1Cc2ccccc2/C1=N/O. The van der Waals surface area contributed by atoms with Gasteiger partial charge in [-0.15, -0.1) is 0 Å². The van der Waals surface area contributed by atoms with Crippen LogP contribution in [0.1, 0.15) is 24.5 Å². The van der Waals surface area contributed by atoms with Crippen LogP contribution in [0.5, 0.6) is 0 Å². The Morgan fingerprint density at radius 1 is 1.46 bits per heavy atom. The van der Waals surface area contributed by atoms with Crippen molar-refractivity contribution >= 4 is 5.71 Å². The van der Waals surface area contributed by atoms with E-state index in [9.17, 15) is 0 Å². The van der Waals surface area contributed by atoms with Gasteiger partial charge in [-0.1, -0.05) is 36.3 Å². The summed E-state index contributed by atoms with van der Waals surface area (Å²) in [5.41, 5.74) is 3.29. The van der Waals surface area contributed by atoms with Gasteiger partial charge in [0.05, 0.1) is 5.71 Å². The van der Waals surface area contributed by atoms with E-state index in [0.717, 1.165) is 24.1 Å². The molecule has 0 radical (unpaired) electrons. The maximum atomic E-state index is 8.90. The van der Waals surface area contributed by atoms with Crippen LogP contribution in [0.25, 0.3) is 0 Å². The first-order chi connectivity index (χ1) is 6.36. The van der Waals surface area contributed by atoms with Crippen LogP contribution in [0.2, 0.25) is 0 Å². The molecule has 1 aliphatic carbocycles. The number of nitrogens with zero attached hydrogens (tertiary/aromatic N) is 1. The van der Waals surface area contributed by atoms with E-state index >= 15 is 0 Å². The molecule has 2 rings (SSSR count). The Balaban J connectivity index is 2.46. The van der Waals surface area contributed by atoms with E-state index in [2.05, 4.69) is 18.1 Å². The van der Waals surface area contributed by atoms with Crippen LogP contribution in [0, 0.1) is 5.92 Å². The first-order valence-electron chi connectivity index (χ1n) is 4.67. The number of hydrogen-bond acceptors (Lipinski definition) is 2. The summed E-state index contributed by atoms with van der Waals surface area (Å²) in [6.07, 6.45) is 2.06. The van der Waals surface area contributed by atoms with E-state index in [1.165, 1.54) is 5.56 Å². The average Bonchev–Trinajstić information content (AvgIpc) is 2.55. The number of rotatable bonds is 1. The van der Waals surface area contributed by atoms with Gasteiger partial charge in [0.15, 0.2) is 0 Å². The second-order valence-corrected chi connectivity index (χ2v) is 3.45. The summed E-state index contributed by atoms with van der Waals surface area (Å²) >= 11 is 0. The van der Waals surface area contributed by atoms with Crippen molar-refractivity contribution in [3.05, 3.63) is 35.4 Å². The minimum absolute atomic E-state index is 0.405. The highest BCUT2D eigenvalue weighted by Gasteiger charge is 2.26. The van der Waals surface area contributed by atoms with Gasteiger partial charge in [-0.25, -0.2) is 0 Å². The minimum atomic E-state index is 0.405. The molecule has 0 aliphatic heterocycles. The van der Waals surface area contributed by atoms with Gasteiger partial charge < -0.3 is 5.21 Å². The summed E-state index contributed by atoms with van der Waals surface area (Å²) in [7, 11) is 0. The van der Waals surface area contributed by atoms with Crippen molar-refractivity contribution in [3.8, 4) is 0 Å². The fraction of sp³-hybridized carbons (Fsp3) is 0.364. The number of hydrogen-bond donors (Lipinski definition) is 1. The topological polar surface area (TPSA) is 32.6 Å². The zero-order chi connectivity index (χ0) is 9.26. The van der Waals surface area contributed by atoms with E-state index in [1.54, 1.807) is 0 Å². The Bertz CT molecular complexity index is 344. The zero-order valence-electron chi connectivity index (χ0n) is 7.70. The standard InChI is InChI=1S/C11H13NO/c1-2-8-7-9-5-3-4-6-10(9)11(8)12-13/h3-6,8,13H,2,7H2,1H3/b12-11+. The monoisotopic (exact) mass is 175 g/mol. The quantitative estimate of drug-likeness (QED) is 0.516. The highest BCUT2D eigenvalue weighted by molar-refractivity contribution is 6.05. The van der Waals surface area contributed by atoms with E-state index in [-0.39, 0.29) is 0 Å². The molecule has 0 fully saturated rings. The van der Waals surface area contributed by atoms with Crippen molar-refractivity contribution in [2.24, 2.45) is 11.1 Å². The van der Waals surface area contributed by atoms with Crippen LogP contribution in [0.15, 0.2) is 29.4 Å². The summed E-state index contributed by atoms with van der Waals surface area (Å²) < 4.78 is 0. The molecule has 1 atom stereocenters. The lowest BCUT2D eigenvalue weighted by atomic mass is 10.0. The molecule has 0 amide bonds. The second-order valence-electron chi connectivity index (χ2n) is 3.45. The summed E-state index contributed by atoms with van der Waals surface area (Å²) in [5.74, 6) is 0.405. The molecule has 68 valence electrons. The minimum Gasteiger partial charge on any atom is -0.411 e. The molecule has 0 aromatic heterocycles. The van der Waals surface area contributed by atoms with Crippen LogP contribution in [0.3, 0.4) is 0 Å².